The van der Waals surface area contributed by atoms with Gasteiger partial charge in [-0.3, -0.25) is 4.79 Å². The van der Waals surface area contributed by atoms with Crippen LogP contribution in [0, 0.1) is 0 Å². The first kappa shape index (κ1) is 26.8. The smallest absolute Gasteiger partial charge is 2.00 e. The Morgan fingerprint density at radius 2 is 0.909 bits per heavy atom. The first-order valence-electron chi connectivity index (χ1n) is 8.99. The number of rotatable bonds is 16. The molecule has 4 heteroatoms. The van der Waals surface area contributed by atoms with Crippen LogP contribution in [0.15, 0.2) is 0 Å². The van der Waals surface area contributed by atoms with Crippen LogP contribution in [0.25, 0.3) is 0 Å². The van der Waals surface area contributed by atoms with Gasteiger partial charge in [-0.05, 0) is 6.42 Å². The Bertz CT molecular complexity index is 211. The maximum atomic E-state index is 10.3. The average Bonchev–Trinajstić information content (AvgIpc) is 2.43. The Kier molecular flexibility index (Phi) is 28.3. The minimum atomic E-state index is -0.653. The van der Waals surface area contributed by atoms with Crippen LogP contribution in [-0.4, -0.2) is 11.1 Å². The van der Waals surface area contributed by atoms with Crippen molar-refractivity contribution in [3.8, 4) is 0 Å². The summed E-state index contributed by atoms with van der Waals surface area (Å²) in [5, 5.41) is 8.52. The molecular weight excluding hydrogens is 320 g/mol. The third-order valence-electron chi connectivity index (χ3n) is 3.99. The van der Waals surface area contributed by atoms with Crippen LogP contribution in [0.4, 0.5) is 0 Å². The summed E-state index contributed by atoms with van der Waals surface area (Å²) in [6.45, 7) is 2.27. The number of aliphatic carboxylic acids is 1. The number of unbranched alkanes of at least 4 members (excludes halogenated alkanes) is 14. The standard InChI is InChI=1S/C18H36O2.Fe.O/c1-2-3-4-5-6-7-8-9-10-11-12-13-14-15-16-17-18(19)20;;/h2-17H2,1H3,(H,19,20);;/q;+2;-2. The molecule has 0 aliphatic rings. The van der Waals surface area contributed by atoms with Crippen LogP contribution >= 0.6 is 0 Å². The normalized spacial score (nSPS) is 9.86. The number of hydrogen-bond acceptors (Lipinski definition) is 1. The van der Waals surface area contributed by atoms with Gasteiger partial charge in [0.15, 0.2) is 0 Å². The van der Waals surface area contributed by atoms with Gasteiger partial charge in [-0.25, -0.2) is 0 Å². The van der Waals surface area contributed by atoms with Crippen LogP contribution in [0.3, 0.4) is 0 Å². The molecule has 1 N–H and O–H groups in total. The molecule has 22 heavy (non-hydrogen) atoms. The first-order chi connectivity index (χ1) is 9.77. The van der Waals surface area contributed by atoms with Gasteiger partial charge in [0.05, 0.1) is 0 Å². The Morgan fingerprint density at radius 1 is 0.636 bits per heavy atom. The molecule has 0 spiro atoms. The summed E-state index contributed by atoms with van der Waals surface area (Å²) in [6, 6.07) is 0. The van der Waals surface area contributed by atoms with E-state index in [-0.39, 0.29) is 22.5 Å². The summed E-state index contributed by atoms with van der Waals surface area (Å²) in [5.74, 6) is -0.653. The quantitative estimate of drug-likeness (QED) is 0.264. The Hall–Kier alpha value is -0.0505. The van der Waals surface area contributed by atoms with E-state index < -0.39 is 5.97 Å². The monoisotopic (exact) mass is 356 g/mol. The van der Waals surface area contributed by atoms with E-state index in [1.165, 1.54) is 83.5 Å². The summed E-state index contributed by atoms with van der Waals surface area (Å²) in [6.07, 6.45) is 20.2. The molecule has 0 saturated carbocycles. The van der Waals surface area contributed by atoms with E-state index in [1.807, 2.05) is 0 Å². The molecule has 134 valence electrons. The SMILES string of the molecule is CCCCCCCCCCCCCCCCCC(=O)O.[Fe+2].[O-2]. The Balaban J connectivity index is -0.00000180. The van der Waals surface area contributed by atoms with Crippen molar-refractivity contribution in [1.82, 2.24) is 0 Å². The number of carboxylic acids is 1. The van der Waals surface area contributed by atoms with Crippen molar-refractivity contribution in [2.45, 2.75) is 110 Å². The van der Waals surface area contributed by atoms with Crippen LogP contribution in [0.1, 0.15) is 110 Å². The molecule has 0 aromatic carbocycles. The van der Waals surface area contributed by atoms with Gasteiger partial charge in [0.25, 0.3) is 0 Å². The predicted octanol–water partition coefficient (Wildman–Crippen LogP) is 6.21. The second-order valence-electron chi connectivity index (χ2n) is 6.09. The molecule has 0 aliphatic carbocycles. The summed E-state index contributed by atoms with van der Waals surface area (Å²) in [4.78, 5) is 10.3. The molecule has 0 radical (unpaired) electrons. The summed E-state index contributed by atoms with van der Waals surface area (Å²) < 4.78 is 0. The van der Waals surface area contributed by atoms with E-state index in [0.29, 0.717) is 6.42 Å². The molecule has 0 saturated heterocycles. The molecule has 0 amide bonds. The van der Waals surface area contributed by atoms with Gasteiger partial charge in [0.1, 0.15) is 0 Å². The van der Waals surface area contributed by atoms with Gasteiger partial charge >= 0.3 is 23.0 Å². The van der Waals surface area contributed by atoms with Crippen LogP contribution in [0.2, 0.25) is 0 Å². The summed E-state index contributed by atoms with van der Waals surface area (Å²) in [5.41, 5.74) is 0. The maximum Gasteiger partial charge on any atom is 2.00 e. The van der Waals surface area contributed by atoms with Crippen molar-refractivity contribution in [1.29, 1.82) is 0 Å². The van der Waals surface area contributed by atoms with Gasteiger partial charge in [0.2, 0.25) is 0 Å². The minimum Gasteiger partial charge on any atom is -2.00 e. The van der Waals surface area contributed by atoms with Gasteiger partial charge in [-0.1, -0.05) is 96.8 Å². The second-order valence-corrected chi connectivity index (χ2v) is 6.09. The zero-order valence-electron chi connectivity index (χ0n) is 14.4. The molecule has 0 unspecified atom stereocenters. The maximum absolute atomic E-state index is 10.3. The van der Waals surface area contributed by atoms with Gasteiger partial charge in [0, 0.05) is 6.42 Å². The molecule has 0 bridgehead atoms. The van der Waals surface area contributed by atoms with E-state index >= 15 is 0 Å². The van der Waals surface area contributed by atoms with Crippen molar-refractivity contribution < 1.29 is 32.4 Å². The van der Waals surface area contributed by atoms with E-state index in [1.54, 1.807) is 0 Å². The van der Waals surface area contributed by atoms with Crippen molar-refractivity contribution in [2.75, 3.05) is 0 Å². The zero-order chi connectivity index (χ0) is 14.9. The van der Waals surface area contributed by atoms with E-state index in [0.717, 1.165) is 12.8 Å². The second kappa shape index (κ2) is 23.2. The van der Waals surface area contributed by atoms with Crippen LogP contribution in [-0.2, 0) is 27.3 Å². The van der Waals surface area contributed by atoms with E-state index in [2.05, 4.69) is 6.92 Å². The molecule has 0 heterocycles. The molecule has 0 aromatic rings. The topological polar surface area (TPSA) is 65.8 Å². The summed E-state index contributed by atoms with van der Waals surface area (Å²) >= 11 is 0. The van der Waals surface area contributed by atoms with Crippen molar-refractivity contribution in [2.24, 2.45) is 0 Å². The largest absolute Gasteiger partial charge is 2.00 e. The molecule has 0 fully saturated rings. The molecule has 3 nitrogen and oxygen atoms in total. The molecule has 0 aromatic heterocycles. The molecule has 0 aliphatic heterocycles. The fraction of sp³-hybridized carbons (Fsp3) is 0.944. The van der Waals surface area contributed by atoms with Gasteiger partial charge in [-0.2, -0.15) is 0 Å². The number of carboxylic acid groups (broad SMARTS) is 1. The van der Waals surface area contributed by atoms with E-state index in [9.17, 15) is 4.79 Å². The van der Waals surface area contributed by atoms with Gasteiger partial charge < -0.3 is 10.6 Å². The fourth-order valence-electron chi connectivity index (χ4n) is 2.65. The fourth-order valence-corrected chi connectivity index (χ4v) is 2.65. The summed E-state index contributed by atoms with van der Waals surface area (Å²) in [7, 11) is 0. The predicted molar refractivity (Wildman–Crippen MR) is 87.9 cm³/mol. The van der Waals surface area contributed by atoms with Crippen molar-refractivity contribution in [3.63, 3.8) is 0 Å². The van der Waals surface area contributed by atoms with Gasteiger partial charge in [-0.15, -0.1) is 0 Å². The third-order valence-corrected chi connectivity index (χ3v) is 3.99. The minimum absolute atomic E-state index is 0. The molecular formula is C18H36FeO3. The average molecular weight is 356 g/mol. The molecule has 0 atom stereocenters. The van der Waals surface area contributed by atoms with Crippen molar-refractivity contribution in [3.05, 3.63) is 0 Å². The first-order valence-corrected chi connectivity index (χ1v) is 8.99. The zero-order valence-corrected chi connectivity index (χ0v) is 15.5. The number of hydrogen-bond donors (Lipinski definition) is 1. The molecule has 0 rings (SSSR count). The third kappa shape index (κ3) is 24.9. The van der Waals surface area contributed by atoms with Crippen molar-refractivity contribution >= 4 is 5.97 Å². The van der Waals surface area contributed by atoms with Crippen LogP contribution in [0.5, 0.6) is 0 Å². The Morgan fingerprint density at radius 3 is 1.18 bits per heavy atom. The van der Waals surface area contributed by atoms with E-state index in [4.69, 9.17) is 5.11 Å². The van der Waals surface area contributed by atoms with Crippen LogP contribution < -0.4 is 0 Å². The Labute approximate surface area is 148 Å². The number of carbonyl (C=O) groups is 1.